The van der Waals surface area contributed by atoms with Gasteiger partial charge in [-0.25, -0.2) is 4.79 Å². The molecule has 2 amide bonds. The van der Waals surface area contributed by atoms with Gasteiger partial charge in [-0.05, 0) is 25.2 Å². The van der Waals surface area contributed by atoms with Crippen LogP contribution in [0.1, 0.15) is 32.6 Å². The van der Waals surface area contributed by atoms with Crippen molar-refractivity contribution in [1.82, 2.24) is 9.80 Å². The predicted molar refractivity (Wildman–Crippen MR) is 67.3 cm³/mol. The first-order valence-electron chi connectivity index (χ1n) is 6.79. The Labute approximate surface area is 112 Å². The molecular weight excluding hydrogens is 248 g/mol. The zero-order valence-corrected chi connectivity index (χ0v) is 11.2. The van der Waals surface area contributed by atoms with Crippen LogP contribution in [0.15, 0.2) is 0 Å². The highest BCUT2D eigenvalue weighted by molar-refractivity contribution is 5.88. The van der Waals surface area contributed by atoms with Crippen molar-refractivity contribution in [2.24, 2.45) is 5.92 Å². The molecule has 0 saturated carbocycles. The first-order valence-corrected chi connectivity index (χ1v) is 6.79. The number of carbonyl (C=O) groups is 3. The lowest BCUT2D eigenvalue weighted by molar-refractivity contribution is -0.154. The fourth-order valence-corrected chi connectivity index (χ4v) is 2.80. The van der Waals surface area contributed by atoms with E-state index in [0.717, 1.165) is 12.8 Å². The fraction of sp³-hybridized carbons (Fsp3) is 0.769. The van der Waals surface area contributed by atoms with E-state index in [1.54, 1.807) is 0 Å². The lowest BCUT2D eigenvalue weighted by Gasteiger charge is -2.36. The van der Waals surface area contributed by atoms with Gasteiger partial charge in [0.1, 0.15) is 6.04 Å². The minimum absolute atomic E-state index is 0.00870. The third kappa shape index (κ3) is 3.05. The van der Waals surface area contributed by atoms with Gasteiger partial charge in [0.15, 0.2) is 0 Å². The summed E-state index contributed by atoms with van der Waals surface area (Å²) in [6, 6.07) is -0.742. The molecule has 2 aliphatic heterocycles. The normalized spacial score (nSPS) is 27.7. The number of carbonyl (C=O) groups excluding carboxylic acids is 2. The zero-order chi connectivity index (χ0) is 14.0. The predicted octanol–water partition coefficient (Wildman–Crippen LogP) is 0.320. The van der Waals surface area contributed by atoms with E-state index in [0.29, 0.717) is 31.8 Å². The van der Waals surface area contributed by atoms with Gasteiger partial charge in [0, 0.05) is 19.5 Å². The molecule has 0 aromatic carbocycles. The summed E-state index contributed by atoms with van der Waals surface area (Å²) in [7, 11) is 0. The largest absolute Gasteiger partial charge is 0.480 e. The highest BCUT2D eigenvalue weighted by Gasteiger charge is 2.36. The van der Waals surface area contributed by atoms with E-state index < -0.39 is 12.0 Å². The number of hydrogen-bond donors (Lipinski definition) is 1. The maximum Gasteiger partial charge on any atom is 0.326 e. The summed E-state index contributed by atoms with van der Waals surface area (Å²) >= 11 is 0. The van der Waals surface area contributed by atoms with Gasteiger partial charge in [0.2, 0.25) is 11.8 Å². The van der Waals surface area contributed by atoms with Crippen molar-refractivity contribution in [3.63, 3.8) is 0 Å². The summed E-state index contributed by atoms with van der Waals surface area (Å²) in [5.41, 5.74) is 0. The average molecular weight is 268 g/mol. The maximum absolute atomic E-state index is 12.2. The smallest absolute Gasteiger partial charge is 0.326 e. The zero-order valence-electron chi connectivity index (χ0n) is 11.2. The van der Waals surface area contributed by atoms with Crippen LogP contribution in [0, 0.1) is 5.92 Å². The highest BCUT2D eigenvalue weighted by atomic mass is 16.4. The minimum Gasteiger partial charge on any atom is -0.480 e. The highest BCUT2D eigenvalue weighted by Crippen LogP contribution is 2.23. The molecule has 0 aliphatic carbocycles. The van der Waals surface area contributed by atoms with Gasteiger partial charge in [-0.3, -0.25) is 9.59 Å². The molecule has 2 fully saturated rings. The quantitative estimate of drug-likeness (QED) is 0.799. The van der Waals surface area contributed by atoms with Gasteiger partial charge >= 0.3 is 5.97 Å². The number of carboxylic acid groups (broad SMARTS) is 1. The van der Waals surface area contributed by atoms with E-state index in [9.17, 15) is 19.5 Å². The monoisotopic (exact) mass is 268 g/mol. The SMILES string of the molecule is CC1CCN(C(=O)CN2CCCC2=O)C(C(=O)O)C1. The van der Waals surface area contributed by atoms with Crippen molar-refractivity contribution in [2.75, 3.05) is 19.6 Å². The summed E-state index contributed by atoms with van der Waals surface area (Å²) in [6.07, 6.45) is 2.59. The van der Waals surface area contributed by atoms with Gasteiger partial charge < -0.3 is 14.9 Å². The number of aliphatic carboxylic acids is 1. The van der Waals surface area contributed by atoms with Crippen molar-refractivity contribution in [3.8, 4) is 0 Å². The molecule has 2 saturated heterocycles. The molecule has 0 bridgehead atoms. The Bertz CT molecular complexity index is 396. The van der Waals surface area contributed by atoms with E-state index in [1.807, 2.05) is 6.92 Å². The molecule has 19 heavy (non-hydrogen) atoms. The molecule has 1 N–H and O–H groups in total. The summed E-state index contributed by atoms with van der Waals surface area (Å²) in [5, 5.41) is 9.21. The molecule has 2 atom stereocenters. The summed E-state index contributed by atoms with van der Waals surface area (Å²) in [5.74, 6) is -0.883. The Morgan fingerprint density at radius 3 is 2.68 bits per heavy atom. The van der Waals surface area contributed by atoms with Gasteiger partial charge in [0.05, 0.1) is 6.54 Å². The number of nitrogens with zero attached hydrogens (tertiary/aromatic N) is 2. The van der Waals surface area contributed by atoms with E-state index in [1.165, 1.54) is 9.80 Å². The van der Waals surface area contributed by atoms with Crippen LogP contribution in [0.25, 0.3) is 0 Å². The van der Waals surface area contributed by atoms with E-state index >= 15 is 0 Å². The summed E-state index contributed by atoms with van der Waals surface area (Å²) in [6.45, 7) is 3.10. The second-order valence-corrected chi connectivity index (χ2v) is 5.49. The molecule has 106 valence electrons. The van der Waals surface area contributed by atoms with Crippen molar-refractivity contribution >= 4 is 17.8 Å². The molecule has 0 aromatic rings. The first-order chi connectivity index (χ1) is 8.99. The lowest BCUT2D eigenvalue weighted by Crippen LogP contribution is -2.52. The number of amides is 2. The molecule has 6 nitrogen and oxygen atoms in total. The number of likely N-dealkylation sites (tertiary alicyclic amines) is 2. The van der Waals surface area contributed by atoms with Crippen LogP contribution in [0.5, 0.6) is 0 Å². The fourth-order valence-electron chi connectivity index (χ4n) is 2.80. The van der Waals surface area contributed by atoms with E-state index in [2.05, 4.69) is 0 Å². The van der Waals surface area contributed by atoms with Gasteiger partial charge in [0.25, 0.3) is 0 Å². The Morgan fingerprint density at radius 2 is 2.11 bits per heavy atom. The molecule has 2 heterocycles. The molecule has 0 spiro atoms. The van der Waals surface area contributed by atoms with Gasteiger partial charge in [-0.1, -0.05) is 6.92 Å². The number of hydrogen-bond acceptors (Lipinski definition) is 3. The summed E-state index contributed by atoms with van der Waals surface area (Å²) < 4.78 is 0. The van der Waals surface area contributed by atoms with E-state index in [-0.39, 0.29) is 18.4 Å². The Morgan fingerprint density at radius 1 is 1.37 bits per heavy atom. The average Bonchev–Trinajstić information content (AvgIpc) is 2.74. The molecule has 2 aliphatic rings. The second-order valence-electron chi connectivity index (χ2n) is 5.49. The molecule has 0 radical (unpaired) electrons. The van der Waals surface area contributed by atoms with Crippen LogP contribution in [-0.2, 0) is 14.4 Å². The topological polar surface area (TPSA) is 77.9 Å². The van der Waals surface area contributed by atoms with Crippen LogP contribution >= 0.6 is 0 Å². The van der Waals surface area contributed by atoms with Gasteiger partial charge in [-0.15, -0.1) is 0 Å². The molecule has 6 heteroatoms. The van der Waals surface area contributed by atoms with Crippen LogP contribution < -0.4 is 0 Å². The molecule has 2 unspecified atom stereocenters. The molecule has 0 aromatic heterocycles. The van der Waals surface area contributed by atoms with Crippen LogP contribution in [0.3, 0.4) is 0 Å². The molecular formula is C13H20N2O4. The van der Waals surface area contributed by atoms with Gasteiger partial charge in [-0.2, -0.15) is 0 Å². The van der Waals surface area contributed by atoms with Crippen LogP contribution in [0.2, 0.25) is 0 Å². The van der Waals surface area contributed by atoms with Crippen LogP contribution in [-0.4, -0.2) is 58.4 Å². The minimum atomic E-state index is -0.951. The number of rotatable bonds is 3. The van der Waals surface area contributed by atoms with Crippen molar-refractivity contribution in [2.45, 2.75) is 38.6 Å². The summed E-state index contributed by atoms with van der Waals surface area (Å²) in [4.78, 5) is 37.9. The molecule has 2 rings (SSSR count). The van der Waals surface area contributed by atoms with E-state index in [4.69, 9.17) is 0 Å². The number of carboxylic acids is 1. The second kappa shape index (κ2) is 5.59. The Balaban J connectivity index is 2.00. The van der Waals surface area contributed by atoms with Crippen LogP contribution in [0.4, 0.5) is 0 Å². The third-order valence-corrected chi connectivity index (χ3v) is 3.97. The lowest BCUT2D eigenvalue weighted by atomic mass is 9.92. The Kier molecular flexibility index (Phi) is 4.07. The van der Waals surface area contributed by atoms with Crippen molar-refractivity contribution < 1.29 is 19.5 Å². The number of piperidine rings is 1. The van der Waals surface area contributed by atoms with Crippen molar-refractivity contribution in [3.05, 3.63) is 0 Å². The van der Waals surface area contributed by atoms with Crippen molar-refractivity contribution in [1.29, 1.82) is 0 Å². The standard InChI is InChI=1S/C13H20N2O4/c1-9-4-6-15(10(7-9)13(18)19)12(17)8-14-5-2-3-11(14)16/h9-10H,2-8H2,1H3,(H,18,19). The third-order valence-electron chi connectivity index (χ3n) is 3.97. The Hall–Kier alpha value is -1.59. The maximum atomic E-state index is 12.2. The first kappa shape index (κ1) is 13.8.